The maximum Gasteiger partial charge on any atom is 0.417 e. The van der Waals surface area contributed by atoms with Gasteiger partial charge in [0, 0.05) is 17.6 Å². The molecular weight excluding hydrogens is 449 g/mol. The molecule has 10 heteroatoms. The van der Waals surface area contributed by atoms with Gasteiger partial charge in [-0.2, -0.15) is 18.3 Å². The van der Waals surface area contributed by atoms with Crippen LogP contribution >= 0.6 is 23.8 Å². The minimum absolute atomic E-state index is 0.0159. The van der Waals surface area contributed by atoms with Gasteiger partial charge in [-0.1, -0.05) is 11.6 Å². The molecule has 2 heterocycles. The van der Waals surface area contributed by atoms with E-state index in [1.807, 2.05) is 29.8 Å². The summed E-state index contributed by atoms with van der Waals surface area (Å²) < 4.78 is 41.9. The van der Waals surface area contributed by atoms with E-state index in [0.29, 0.717) is 12.2 Å². The van der Waals surface area contributed by atoms with E-state index in [2.05, 4.69) is 5.10 Å². The van der Waals surface area contributed by atoms with Gasteiger partial charge < -0.3 is 4.90 Å². The Morgan fingerprint density at radius 2 is 1.81 bits per heavy atom. The van der Waals surface area contributed by atoms with E-state index in [1.165, 1.54) is 6.07 Å². The summed E-state index contributed by atoms with van der Waals surface area (Å²) in [6.07, 6.45) is -2.93. The fraction of sp³-hybridized carbons (Fsp3) is 0.286. The Morgan fingerprint density at radius 3 is 2.45 bits per heavy atom. The number of carbonyl (C=O) groups is 1. The minimum atomic E-state index is -4.66. The lowest BCUT2D eigenvalue weighted by molar-refractivity contribution is -0.137. The summed E-state index contributed by atoms with van der Waals surface area (Å²) in [6, 6.07) is 8.90. The first-order chi connectivity index (χ1) is 14.5. The molecule has 162 valence electrons. The van der Waals surface area contributed by atoms with Crippen molar-refractivity contribution < 1.29 is 18.0 Å². The molecule has 0 spiro atoms. The first kappa shape index (κ1) is 21.6. The lowest BCUT2D eigenvalue weighted by atomic mass is 10.0. The number of thiocarbonyl (C=S) groups is 1. The van der Waals surface area contributed by atoms with Gasteiger partial charge in [-0.3, -0.25) is 14.4 Å². The molecule has 0 atom stereocenters. The number of rotatable bonds is 3. The Hall–Kier alpha value is -2.65. The van der Waals surface area contributed by atoms with Gasteiger partial charge in [0.25, 0.3) is 5.91 Å². The van der Waals surface area contributed by atoms with Crippen LogP contribution in [0.3, 0.4) is 0 Å². The van der Waals surface area contributed by atoms with Crippen LogP contribution in [0.5, 0.6) is 0 Å². The molecule has 0 N–H and O–H groups in total. The third-order valence-corrected chi connectivity index (χ3v) is 6.06. The number of carbonyl (C=O) groups excluding carboxylic acids is 1. The van der Waals surface area contributed by atoms with E-state index in [0.717, 1.165) is 27.9 Å². The van der Waals surface area contributed by atoms with Crippen molar-refractivity contribution in [3.05, 3.63) is 53.2 Å². The number of benzene rings is 2. The van der Waals surface area contributed by atoms with Crippen LogP contribution in [0.25, 0.3) is 10.9 Å². The maximum absolute atomic E-state index is 13.3. The van der Waals surface area contributed by atoms with Crippen molar-refractivity contribution in [1.82, 2.24) is 9.78 Å². The summed E-state index contributed by atoms with van der Waals surface area (Å²) in [4.78, 5) is 16.0. The van der Waals surface area contributed by atoms with Gasteiger partial charge in [0.05, 0.1) is 28.0 Å². The molecule has 1 aromatic heterocycles. The molecule has 0 saturated carbocycles. The van der Waals surface area contributed by atoms with E-state index in [1.54, 1.807) is 24.9 Å². The zero-order chi connectivity index (χ0) is 22.7. The molecule has 1 aliphatic rings. The average molecular weight is 467 g/mol. The molecule has 0 radical (unpaired) electrons. The topological polar surface area (TPSA) is 41.4 Å². The zero-order valence-electron chi connectivity index (χ0n) is 16.9. The van der Waals surface area contributed by atoms with Crippen LogP contribution in [-0.2, 0) is 17.5 Å². The largest absolute Gasteiger partial charge is 0.417 e. The van der Waals surface area contributed by atoms with Crippen LogP contribution in [0, 0.1) is 0 Å². The summed E-state index contributed by atoms with van der Waals surface area (Å²) in [5.41, 5.74) is -0.526. The lowest BCUT2D eigenvalue weighted by Crippen LogP contribution is -2.44. The number of aryl methyl sites for hydroxylation is 1. The van der Waals surface area contributed by atoms with Gasteiger partial charge in [-0.05, 0) is 69.4 Å². The second kappa shape index (κ2) is 7.20. The summed E-state index contributed by atoms with van der Waals surface area (Å²) in [7, 11) is 0. The lowest BCUT2D eigenvalue weighted by Gasteiger charge is -2.29. The molecule has 1 aliphatic heterocycles. The number of hydrogen-bond acceptors (Lipinski definition) is 3. The van der Waals surface area contributed by atoms with Gasteiger partial charge in [0.1, 0.15) is 5.54 Å². The number of fused-ring (bicyclic) bond motifs is 1. The molecule has 2 aromatic carbocycles. The highest BCUT2D eigenvalue weighted by Gasteiger charge is 2.50. The predicted molar refractivity (Wildman–Crippen MR) is 119 cm³/mol. The Labute approximate surface area is 187 Å². The molecule has 5 nitrogen and oxygen atoms in total. The van der Waals surface area contributed by atoms with Crippen LogP contribution in [0.4, 0.5) is 24.5 Å². The van der Waals surface area contributed by atoms with Gasteiger partial charge in [0.2, 0.25) is 0 Å². The van der Waals surface area contributed by atoms with Crippen molar-refractivity contribution in [2.24, 2.45) is 0 Å². The first-order valence-corrected chi connectivity index (χ1v) is 10.3. The van der Waals surface area contributed by atoms with Crippen LogP contribution in [-0.4, -0.2) is 26.3 Å². The third kappa shape index (κ3) is 3.36. The Balaban J connectivity index is 1.80. The molecule has 1 fully saturated rings. The fourth-order valence-electron chi connectivity index (χ4n) is 3.79. The highest BCUT2D eigenvalue weighted by molar-refractivity contribution is 7.81. The molecular formula is C21H18ClF3N4OS. The van der Waals surface area contributed by atoms with Gasteiger partial charge >= 0.3 is 6.18 Å². The second-order valence-corrected chi connectivity index (χ2v) is 8.46. The number of hydrogen-bond donors (Lipinski definition) is 0. The monoisotopic (exact) mass is 466 g/mol. The zero-order valence-corrected chi connectivity index (χ0v) is 18.4. The summed E-state index contributed by atoms with van der Waals surface area (Å²) >= 11 is 11.3. The smallest absolute Gasteiger partial charge is 0.304 e. The Kier molecular flexibility index (Phi) is 5.01. The number of halogens is 4. The number of amides is 1. The van der Waals surface area contributed by atoms with Gasteiger partial charge in [0.15, 0.2) is 5.11 Å². The van der Waals surface area contributed by atoms with Crippen molar-refractivity contribution in [2.75, 3.05) is 9.80 Å². The van der Waals surface area contributed by atoms with E-state index in [4.69, 9.17) is 23.8 Å². The average Bonchev–Trinajstić information content (AvgIpc) is 3.17. The van der Waals surface area contributed by atoms with Gasteiger partial charge in [-0.25, -0.2) is 0 Å². The normalized spacial score (nSPS) is 16.6. The van der Waals surface area contributed by atoms with Crippen LogP contribution in [0.2, 0.25) is 5.02 Å². The van der Waals surface area contributed by atoms with Crippen molar-refractivity contribution >= 4 is 57.1 Å². The predicted octanol–water partition coefficient (Wildman–Crippen LogP) is 5.65. The fourth-order valence-corrected chi connectivity index (χ4v) is 4.54. The van der Waals surface area contributed by atoms with Crippen molar-refractivity contribution in [2.45, 2.75) is 39.0 Å². The van der Waals surface area contributed by atoms with Crippen molar-refractivity contribution in [3.63, 3.8) is 0 Å². The number of aromatic nitrogens is 2. The molecule has 31 heavy (non-hydrogen) atoms. The minimum Gasteiger partial charge on any atom is -0.304 e. The van der Waals surface area contributed by atoms with Crippen LogP contribution in [0.15, 0.2) is 42.6 Å². The van der Waals surface area contributed by atoms with Gasteiger partial charge in [-0.15, -0.1) is 0 Å². The number of anilines is 2. The second-order valence-electron chi connectivity index (χ2n) is 7.68. The maximum atomic E-state index is 13.3. The number of alkyl halides is 3. The number of nitrogens with zero attached hydrogens (tertiary/aromatic N) is 4. The van der Waals surface area contributed by atoms with E-state index in [9.17, 15) is 18.0 Å². The van der Waals surface area contributed by atoms with Crippen molar-refractivity contribution in [1.29, 1.82) is 0 Å². The molecule has 1 amide bonds. The Bertz CT molecular complexity index is 1220. The highest BCUT2D eigenvalue weighted by Crippen LogP contribution is 2.41. The third-order valence-electron chi connectivity index (χ3n) is 5.36. The molecule has 0 unspecified atom stereocenters. The summed E-state index contributed by atoms with van der Waals surface area (Å²) in [5, 5.41) is 4.84. The first-order valence-electron chi connectivity index (χ1n) is 9.48. The molecule has 0 aliphatic carbocycles. The molecule has 4 rings (SSSR count). The van der Waals surface area contributed by atoms with Crippen molar-refractivity contribution in [3.8, 4) is 0 Å². The SMILES string of the molecule is CCn1ncc2cc(N3C(=S)N(c4ccc(Cl)c(C(F)(F)F)c4)C(=O)C3(C)C)ccc21. The van der Waals surface area contributed by atoms with E-state index < -0.39 is 28.2 Å². The Morgan fingerprint density at radius 1 is 1.13 bits per heavy atom. The van der Waals surface area contributed by atoms with Crippen LogP contribution in [0.1, 0.15) is 26.3 Å². The van der Waals surface area contributed by atoms with E-state index in [-0.39, 0.29) is 10.8 Å². The summed E-state index contributed by atoms with van der Waals surface area (Å²) in [6.45, 7) is 6.06. The summed E-state index contributed by atoms with van der Waals surface area (Å²) in [5.74, 6) is -0.433. The molecule has 0 bridgehead atoms. The molecule has 1 saturated heterocycles. The standard InChI is InChI=1S/C21H18ClF3N4OS/c1-4-27-17-8-6-14(9-12(17)11-26-27)29-19(31)28(18(30)20(29,2)3)13-5-7-16(22)15(10-13)21(23,24)25/h5-11H,4H2,1-3H3. The molecule has 3 aromatic rings. The van der Waals surface area contributed by atoms with Crippen LogP contribution < -0.4 is 9.80 Å². The van der Waals surface area contributed by atoms with E-state index >= 15 is 0 Å². The highest BCUT2D eigenvalue weighted by atomic mass is 35.5. The quantitative estimate of drug-likeness (QED) is 0.468.